The third-order valence-electron chi connectivity index (χ3n) is 4.75. The summed E-state index contributed by atoms with van der Waals surface area (Å²) in [6.07, 6.45) is 2.60. The maximum atomic E-state index is 14.1. The Morgan fingerprint density at radius 1 is 1.03 bits per heavy atom. The Balaban J connectivity index is 1.98. The lowest BCUT2D eigenvalue weighted by Crippen LogP contribution is -2.30. The summed E-state index contributed by atoms with van der Waals surface area (Å²) in [6.45, 7) is 5.31. The first-order chi connectivity index (χ1) is 16.0. The molecule has 2 rings (SSSR count). The van der Waals surface area contributed by atoms with Gasteiger partial charge < -0.3 is 21.1 Å². The summed E-state index contributed by atoms with van der Waals surface area (Å²) >= 11 is 0.646. The van der Waals surface area contributed by atoms with E-state index < -0.39 is 58.8 Å². The molecule has 34 heavy (non-hydrogen) atoms. The van der Waals surface area contributed by atoms with Crippen LogP contribution in [0, 0.1) is 30.2 Å². The van der Waals surface area contributed by atoms with Gasteiger partial charge in [-0.25, -0.2) is 22.4 Å². The van der Waals surface area contributed by atoms with Crippen molar-refractivity contribution in [2.75, 3.05) is 18.4 Å². The van der Waals surface area contributed by atoms with Gasteiger partial charge in [0.1, 0.15) is 17.2 Å². The van der Waals surface area contributed by atoms with Crippen LogP contribution < -0.4 is 26.4 Å². The Morgan fingerprint density at radius 3 is 2.24 bits per heavy atom. The quantitative estimate of drug-likeness (QED) is 0.198. The SMILES string of the molecule is Cc1c(F)c(F)c(COc2nsc(NC(=O)NCCCCCNC(C)C)c2C(N)=O)c(F)c1F. The average Bonchev–Trinajstić information content (AvgIpc) is 3.18. The molecule has 0 saturated carbocycles. The zero-order valence-corrected chi connectivity index (χ0v) is 19.8. The highest BCUT2D eigenvalue weighted by Gasteiger charge is 2.26. The van der Waals surface area contributed by atoms with Crippen LogP contribution in [-0.4, -0.2) is 35.4 Å². The highest BCUT2D eigenvalue weighted by atomic mass is 32.1. The Labute approximate surface area is 198 Å². The number of carbonyl (C=O) groups is 2. The number of nitrogens with two attached hydrogens (primary N) is 1. The molecular formula is C21H27F4N5O3S. The molecule has 0 unspecified atom stereocenters. The molecule has 2 aromatic rings. The van der Waals surface area contributed by atoms with Crippen molar-refractivity contribution in [3.8, 4) is 5.88 Å². The van der Waals surface area contributed by atoms with Crippen LogP contribution in [0.1, 0.15) is 54.6 Å². The van der Waals surface area contributed by atoms with Crippen LogP contribution in [0.15, 0.2) is 0 Å². The van der Waals surface area contributed by atoms with Crippen LogP contribution in [0.5, 0.6) is 5.88 Å². The molecule has 1 aromatic carbocycles. The largest absolute Gasteiger partial charge is 0.471 e. The number of aromatic nitrogens is 1. The molecule has 0 aliphatic carbocycles. The summed E-state index contributed by atoms with van der Waals surface area (Å²) in [6, 6.07) is -0.202. The van der Waals surface area contributed by atoms with Gasteiger partial charge >= 0.3 is 6.03 Å². The van der Waals surface area contributed by atoms with Crippen LogP contribution in [0.4, 0.5) is 27.4 Å². The Hall–Kier alpha value is -2.93. The molecule has 0 fully saturated rings. The Kier molecular flexibility index (Phi) is 10.1. The topological polar surface area (TPSA) is 118 Å². The molecule has 5 N–H and O–H groups in total. The van der Waals surface area contributed by atoms with Crippen LogP contribution in [-0.2, 0) is 6.61 Å². The Bertz CT molecular complexity index is 1000. The first kappa shape index (κ1) is 27.3. The van der Waals surface area contributed by atoms with E-state index in [2.05, 4.69) is 34.2 Å². The first-order valence-corrected chi connectivity index (χ1v) is 11.3. The lowest BCUT2D eigenvalue weighted by Gasteiger charge is -2.11. The fourth-order valence-electron chi connectivity index (χ4n) is 2.90. The molecule has 1 heterocycles. The monoisotopic (exact) mass is 505 g/mol. The van der Waals surface area contributed by atoms with Gasteiger partial charge in [0.25, 0.3) is 5.91 Å². The van der Waals surface area contributed by atoms with Gasteiger partial charge in [-0.05, 0) is 37.8 Å². The maximum Gasteiger partial charge on any atom is 0.319 e. The van der Waals surface area contributed by atoms with Gasteiger partial charge in [-0.1, -0.05) is 20.3 Å². The van der Waals surface area contributed by atoms with E-state index in [1.807, 2.05) is 0 Å². The second-order valence-electron chi connectivity index (χ2n) is 7.75. The number of primary amides is 1. The third-order valence-corrected chi connectivity index (χ3v) is 5.50. The predicted molar refractivity (Wildman–Crippen MR) is 120 cm³/mol. The molecule has 3 amide bonds. The maximum absolute atomic E-state index is 14.1. The Morgan fingerprint density at radius 2 is 1.65 bits per heavy atom. The summed E-state index contributed by atoms with van der Waals surface area (Å²) < 4.78 is 64.5. The van der Waals surface area contributed by atoms with Crippen LogP contribution in [0.3, 0.4) is 0 Å². The van der Waals surface area contributed by atoms with E-state index in [0.29, 0.717) is 24.1 Å². The van der Waals surface area contributed by atoms with Crippen LogP contribution in [0.25, 0.3) is 0 Å². The fraction of sp³-hybridized carbons (Fsp3) is 0.476. The van der Waals surface area contributed by atoms with E-state index in [9.17, 15) is 27.2 Å². The average molecular weight is 506 g/mol. The highest BCUT2D eigenvalue weighted by Crippen LogP contribution is 2.32. The zero-order chi connectivity index (χ0) is 25.4. The van der Waals surface area contributed by atoms with E-state index in [4.69, 9.17) is 10.5 Å². The minimum atomic E-state index is -1.62. The molecule has 8 nitrogen and oxygen atoms in total. The van der Waals surface area contributed by atoms with Crippen molar-refractivity contribution in [2.45, 2.75) is 52.7 Å². The molecule has 0 atom stereocenters. The minimum absolute atomic E-state index is 0.0525. The predicted octanol–water partition coefficient (Wildman–Crippen LogP) is 3.98. The number of anilines is 1. The van der Waals surface area contributed by atoms with Gasteiger partial charge in [0.15, 0.2) is 23.3 Å². The highest BCUT2D eigenvalue weighted by molar-refractivity contribution is 7.11. The fourth-order valence-corrected chi connectivity index (χ4v) is 3.63. The second kappa shape index (κ2) is 12.5. The smallest absolute Gasteiger partial charge is 0.319 e. The molecule has 1 aromatic heterocycles. The number of urea groups is 1. The third kappa shape index (κ3) is 7.03. The van der Waals surface area contributed by atoms with Gasteiger partial charge in [-0.2, -0.15) is 4.37 Å². The van der Waals surface area contributed by atoms with Crippen molar-refractivity contribution in [1.82, 2.24) is 15.0 Å². The number of halogens is 4. The number of benzene rings is 1. The van der Waals surface area contributed by atoms with Crippen molar-refractivity contribution < 1.29 is 31.9 Å². The summed E-state index contributed by atoms with van der Waals surface area (Å²) in [7, 11) is 0. The molecule has 0 bridgehead atoms. The number of unbranched alkanes of at least 4 members (excludes halogenated alkanes) is 2. The number of ether oxygens (including phenoxy) is 1. The summed E-state index contributed by atoms with van der Waals surface area (Å²) in [5.41, 5.74) is 3.16. The molecule has 0 aliphatic rings. The number of hydrogen-bond acceptors (Lipinski definition) is 6. The van der Waals surface area contributed by atoms with Gasteiger partial charge in [0.2, 0.25) is 5.88 Å². The summed E-state index contributed by atoms with van der Waals surface area (Å²) in [5, 5.41) is 8.29. The van der Waals surface area contributed by atoms with Crippen molar-refractivity contribution in [3.05, 3.63) is 40.0 Å². The van der Waals surface area contributed by atoms with E-state index in [-0.39, 0.29) is 10.6 Å². The normalized spacial score (nSPS) is 11.1. The van der Waals surface area contributed by atoms with Gasteiger partial charge in [0.05, 0.1) is 5.56 Å². The van der Waals surface area contributed by atoms with Crippen LogP contribution >= 0.6 is 11.5 Å². The second-order valence-corrected chi connectivity index (χ2v) is 8.53. The van der Waals surface area contributed by atoms with E-state index in [1.165, 1.54) is 0 Å². The van der Waals surface area contributed by atoms with Gasteiger partial charge in [0, 0.05) is 18.2 Å². The number of amides is 3. The number of hydrogen-bond donors (Lipinski definition) is 4. The lowest BCUT2D eigenvalue weighted by molar-refractivity contribution is 0.0996. The standard InChI is InChI=1S/C21H27F4N5O3S/c1-10(2)27-7-5-4-6-8-28-21(32)29-20-13(18(26)31)19(30-34-20)33-9-12-16(24)14(22)11(3)15(23)17(12)25/h10,27H,4-9H2,1-3H3,(H2,26,31)(H2,28,29,32). The number of nitrogens with one attached hydrogen (secondary N) is 3. The van der Waals surface area contributed by atoms with E-state index >= 15 is 0 Å². The zero-order valence-electron chi connectivity index (χ0n) is 19.0. The van der Waals surface area contributed by atoms with Gasteiger partial charge in [-0.15, -0.1) is 0 Å². The lowest BCUT2D eigenvalue weighted by atomic mass is 10.1. The summed E-state index contributed by atoms with van der Waals surface area (Å²) in [5.74, 6) is -7.82. The molecule has 188 valence electrons. The number of carbonyl (C=O) groups excluding carboxylic acids is 2. The molecule has 13 heteroatoms. The molecule has 0 aliphatic heterocycles. The first-order valence-electron chi connectivity index (χ1n) is 10.6. The van der Waals surface area contributed by atoms with Gasteiger partial charge in [-0.3, -0.25) is 10.1 Å². The number of rotatable bonds is 12. The number of nitrogens with zero attached hydrogens (tertiary/aromatic N) is 1. The molecular weight excluding hydrogens is 478 g/mol. The molecule has 0 radical (unpaired) electrons. The van der Waals surface area contributed by atoms with E-state index in [1.54, 1.807) is 0 Å². The van der Waals surface area contributed by atoms with Crippen molar-refractivity contribution >= 4 is 28.5 Å². The van der Waals surface area contributed by atoms with Crippen molar-refractivity contribution in [1.29, 1.82) is 0 Å². The molecule has 0 spiro atoms. The summed E-state index contributed by atoms with van der Waals surface area (Å²) in [4.78, 5) is 24.0. The van der Waals surface area contributed by atoms with Crippen molar-refractivity contribution in [2.24, 2.45) is 5.73 Å². The van der Waals surface area contributed by atoms with E-state index in [0.717, 1.165) is 32.7 Å². The minimum Gasteiger partial charge on any atom is -0.471 e. The molecule has 0 saturated heterocycles. The van der Waals surface area contributed by atoms with Crippen LogP contribution in [0.2, 0.25) is 0 Å². The van der Waals surface area contributed by atoms with Crippen molar-refractivity contribution in [3.63, 3.8) is 0 Å².